The number of anilines is 1. The van der Waals surface area contributed by atoms with Crippen molar-refractivity contribution < 1.29 is 9.47 Å². The minimum Gasteiger partial charge on any atom is -0.493 e. The SMILES string of the molecule is Nc1cc(-c2cnc3cc(OCCCN[C@@H]4CCOC4)ccn23)ncn1. The number of imidazole rings is 1. The lowest BCUT2D eigenvalue weighted by Crippen LogP contribution is -2.30. The maximum Gasteiger partial charge on any atom is 0.140 e. The molecule has 4 rings (SSSR count). The van der Waals surface area contributed by atoms with Gasteiger partial charge in [-0.1, -0.05) is 0 Å². The molecular formula is C18H22N6O2. The Balaban J connectivity index is 1.36. The molecule has 0 bridgehead atoms. The van der Waals surface area contributed by atoms with Gasteiger partial charge >= 0.3 is 0 Å². The quantitative estimate of drug-likeness (QED) is 0.621. The minimum atomic E-state index is 0.433. The van der Waals surface area contributed by atoms with Gasteiger partial charge in [0.2, 0.25) is 0 Å². The van der Waals surface area contributed by atoms with Crippen LogP contribution in [0, 0.1) is 0 Å². The zero-order chi connectivity index (χ0) is 17.8. The van der Waals surface area contributed by atoms with Crippen molar-refractivity contribution in [2.45, 2.75) is 18.9 Å². The Hall–Kier alpha value is -2.71. The van der Waals surface area contributed by atoms with E-state index in [0.29, 0.717) is 18.5 Å². The highest BCUT2D eigenvalue weighted by atomic mass is 16.5. The van der Waals surface area contributed by atoms with Crippen LogP contribution in [0.5, 0.6) is 5.75 Å². The molecule has 1 aliphatic heterocycles. The molecule has 0 spiro atoms. The van der Waals surface area contributed by atoms with Crippen molar-refractivity contribution in [2.24, 2.45) is 0 Å². The van der Waals surface area contributed by atoms with E-state index in [-0.39, 0.29) is 0 Å². The molecule has 8 heteroatoms. The molecule has 1 aliphatic rings. The number of rotatable bonds is 7. The summed E-state index contributed by atoms with van der Waals surface area (Å²) in [7, 11) is 0. The van der Waals surface area contributed by atoms with E-state index >= 15 is 0 Å². The van der Waals surface area contributed by atoms with Crippen molar-refractivity contribution in [3.63, 3.8) is 0 Å². The van der Waals surface area contributed by atoms with Crippen molar-refractivity contribution in [2.75, 3.05) is 32.1 Å². The zero-order valence-corrected chi connectivity index (χ0v) is 14.5. The predicted molar refractivity (Wildman–Crippen MR) is 98.0 cm³/mol. The van der Waals surface area contributed by atoms with Crippen LogP contribution in [0.3, 0.4) is 0 Å². The van der Waals surface area contributed by atoms with Crippen LogP contribution in [0.1, 0.15) is 12.8 Å². The highest BCUT2D eigenvalue weighted by molar-refractivity contribution is 5.62. The van der Waals surface area contributed by atoms with E-state index in [0.717, 1.165) is 55.4 Å². The van der Waals surface area contributed by atoms with Gasteiger partial charge in [-0.2, -0.15) is 0 Å². The van der Waals surface area contributed by atoms with Gasteiger partial charge in [0.05, 0.1) is 30.8 Å². The average Bonchev–Trinajstić information content (AvgIpc) is 3.30. The molecule has 0 saturated carbocycles. The molecule has 4 heterocycles. The van der Waals surface area contributed by atoms with Crippen LogP contribution in [0.4, 0.5) is 5.82 Å². The van der Waals surface area contributed by atoms with Gasteiger partial charge in [-0.3, -0.25) is 4.40 Å². The first-order chi connectivity index (χ1) is 12.8. The third kappa shape index (κ3) is 3.76. The molecule has 26 heavy (non-hydrogen) atoms. The Labute approximate surface area is 151 Å². The number of hydrogen-bond donors (Lipinski definition) is 2. The highest BCUT2D eigenvalue weighted by Gasteiger charge is 2.14. The third-order valence-corrected chi connectivity index (χ3v) is 4.39. The number of nitrogens with zero attached hydrogens (tertiary/aromatic N) is 4. The highest BCUT2D eigenvalue weighted by Crippen LogP contribution is 2.22. The summed E-state index contributed by atoms with van der Waals surface area (Å²) < 4.78 is 13.1. The Morgan fingerprint density at radius 3 is 3.12 bits per heavy atom. The maximum atomic E-state index is 5.84. The minimum absolute atomic E-state index is 0.433. The summed E-state index contributed by atoms with van der Waals surface area (Å²) in [5.41, 5.74) is 8.14. The number of nitrogens with one attached hydrogen (secondary N) is 1. The summed E-state index contributed by atoms with van der Waals surface area (Å²) in [6.45, 7) is 3.27. The number of hydrogen-bond acceptors (Lipinski definition) is 7. The standard InChI is InChI=1S/C18H22N6O2/c19-17-9-15(22-12-23-17)16-10-21-18-8-14(2-5-24(16)18)26-6-1-4-20-13-3-7-25-11-13/h2,5,8-10,12-13,20H,1,3-4,6-7,11H2,(H2,19,22,23)/t13-/m1/s1. The molecule has 0 aliphatic carbocycles. The molecule has 0 aromatic carbocycles. The summed E-state index contributed by atoms with van der Waals surface area (Å²) in [5, 5.41) is 3.48. The number of nitrogen functional groups attached to an aromatic ring is 1. The van der Waals surface area contributed by atoms with Crippen molar-refractivity contribution in [1.29, 1.82) is 0 Å². The van der Waals surface area contributed by atoms with E-state index < -0.39 is 0 Å². The van der Waals surface area contributed by atoms with Crippen molar-refractivity contribution >= 4 is 11.5 Å². The number of pyridine rings is 1. The molecule has 0 unspecified atom stereocenters. The normalized spacial score (nSPS) is 17.0. The first kappa shape index (κ1) is 16.7. The smallest absolute Gasteiger partial charge is 0.140 e. The lowest BCUT2D eigenvalue weighted by atomic mass is 10.2. The second-order valence-electron chi connectivity index (χ2n) is 6.28. The van der Waals surface area contributed by atoms with Gasteiger partial charge in [0, 0.05) is 31.0 Å². The first-order valence-electron chi connectivity index (χ1n) is 8.78. The van der Waals surface area contributed by atoms with E-state index in [4.69, 9.17) is 15.2 Å². The summed E-state index contributed by atoms with van der Waals surface area (Å²) in [5.74, 6) is 1.24. The van der Waals surface area contributed by atoms with Crippen molar-refractivity contribution in [1.82, 2.24) is 24.7 Å². The number of ether oxygens (including phenoxy) is 2. The fraction of sp³-hybridized carbons (Fsp3) is 0.389. The van der Waals surface area contributed by atoms with Crippen LogP contribution in [0.25, 0.3) is 17.0 Å². The van der Waals surface area contributed by atoms with Gasteiger partial charge in [-0.15, -0.1) is 0 Å². The Kier molecular flexibility index (Phi) is 4.94. The van der Waals surface area contributed by atoms with Gasteiger partial charge in [0.1, 0.15) is 23.5 Å². The van der Waals surface area contributed by atoms with E-state index in [9.17, 15) is 0 Å². The average molecular weight is 354 g/mol. The summed E-state index contributed by atoms with van der Waals surface area (Å²) in [6, 6.07) is 6.08. The fourth-order valence-electron chi connectivity index (χ4n) is 3.02. The van der Waals surface area contributed by atoms with Gasteiger partial charge in [-0.25, -0.2) is 15.0 Å². The molecule has 136 valence electrons. The van der Waals surface area contributed by atoms with Gasteiger partial charge in [0.25, 0.3) is 0 Å². The number of fused-ring (bicyclic) bond motifs is 1. The van der Waals surface area contributed by atoms with Crippen molar-refractivity contribution in [3.8, 4) is 17.1 Å². The maximum absolute atomic E-state index is 5.84. The van der Waals surface area contributed by atoms with E-state index in [1.165, 1.54) is 6.33 Å². The second-order valence-corrected chi connectivity index (χ2v) is 6.28. The first-order valence-corrected chi connectivity index (χ1v) is 8.78. The Bertz CT molecular complexity index is 875. The van der Waals surface area contributed by atoms with Gasteiger partial charge < -0.3 is 20.5 Å². The molecule has 0 amide bonds. The molecule has 3 aromatic rings. The molecule has 1 saturated heterocycles. The van der Waals surface area contributed by atoms with Crippen LogP contribution in [0.15, 0.2) is 36.9 Å². The van der Waals surface area contributed by atoms with Gasteiger partial charge in [-0.05, 0) is 25.5 Å². The summed E-state index contributed by atoms with van der Waals surface area (Å²) >= 11 is 0. The molecule has 3 N–H and O–H groups in total. The molecule has 8 nitrogen and oxygen atoms in total. The van der Waals surface area contributed by atoms with Crippen LogP contribution >= 0.6 is 0 Å². The fourth-order valence-corrected chi connectivity index (χ4v) is 3.02. The van der Waals surface area contributed by atoms with Crippen LogP contribution < -0.4 is 15.8 Å². The largest absolute Gasteiger partial charge is 0.493 e. The predicted octanol–water partition coefficient (Wildman–Crippen LogP) is 1.52. The van der Waals surface area contributed by atoms with Crippen molar-refractivity contribution in [3.05, 3.63) is 36.9 Å². The molecular weight excluding hydrogens is 332 g/mol. The molecule has 1 atom stereocenters. The number of nitrogens with two attached hydrogens (primary N) is 1. The zero-order valence-electron chi connectivity index (χ0n) is 14.5. The summed E-state index contributed by atoms with van der Waals surface area (Å²) in [6.07, 6.45) is 7.19. The Morgan fingerprint density at radius 1 is 1.31 bits per heavy atom. The topological polar surface area (TPSA) is 99.6 Å². The lowest BCUT2D eigenvalue weighted by molar-refractivity contribution is 0.189. The van der Waals surface area contributed by atoms with E-state index in [2.05, 4.69) is 20.3 Å². The lowest BCUT2D eigenvalue weighted by Gasteiger charge is -2.11. The summed E-state index contributed by atoms with van der Waals surface area (Å²) in [4.78, 5) is 12.6. The van der Waals surface area contributed by atoms with E-state index in [1.54, 1.807) is 12.3 Å². The van der Waals surface area contributed by atoms with Crippen LogP contribution in [-0.2, 0) is 4.74 Å². The molecule has 0 radical (unpaired) electrons. The molecule has 1 fully saturated rings. The monoisotopic (exact) mass is 354 g/mol. The second kappa shape index (κ2) is 7.67. The van der Waals surface area contributed by atoms with Crippen LogP contribution in [0.2, 0.25) is 0 Å². The third-order valence-electron chi connectivity index (χ3n) is 4.39. The van der Waals surface area contributed by atoms with Crippen LogP contribution in [-0.4, -0.2) is 51.8 Å². The Morgan fingerprint density at radius 2 is 2.27 bits per heavy atom. The van der Waals surface area contributed by atoms with E-state index in [1.807, 2.05) is 22.7 Å². The number of aromatic nitrogens is 4. The molecule has 3 aromatic heterocycles. The van der Waals surface area contributed by atoms with Gasteiger partial charge in [0.15, 0.2) is 0 Å².